The van der Waals surface area contributed by atoms with E-state index in [1.54, 1.807) is 0 Å². The number of rotatable bonds is 4. The van der Waals surface area contributed by atoms with Crippen molar-refractivity contribution in [1.82, 2.24) is 5.32 Å². The Hall–Kier alpha value is -5.15. The fourth-order valence-corrected chi connectivity index (χ4v) is 5.69. The molecule has 0 fully saturated rings. The van der Waals surface area contributed by atoms with E-state index in [1.165, 1.54) is 11.1 Å². The molecule has 198 valence electrons. The van der Waals surface area contributed by atoms with Gasteiger partial charge in [0.25, 0.3) is 0 Å². The van der Waals surface area contributed by atoms with Gasteiger partial charge in [-0.15, -0.1) is 0 Å². The summed E-state index contributed by atoms with van der Waals surface area (Å²) < 4.78 is 6.29. The summed E-state index contributed by atoms with van der Waals surface area (Å²) in [6.45, 7) is 4.34. The molecule has 0 radical (unpaired) electrons. The Morgan fingerprint density at radius 1 is 0.634 bits per heavy atom. The van der Waals surface area contributed by atoms with Crippen molar-refractivity contribution in [2.75, 3.05) is 0 Å². The number of fused-ring (bicyclic) bond motifs is 3. The van der Waals surface area contributed by atoms with Crippen molar-refractivity contribution >= 4 is 39.2 Å². The van der Waals surface area contributed by atoms with Crippen molar-refractivity contribution in [3.63, 3.8) is 0 Å². The number of aryl methyl sites for hydroxylation is 1. The van der Waals surface area contributed by atoms with Crippen LogP contribution in [0.4, 0.5) is 0 Å². The van der Waals surface area contributed by atoms with Gasteiger partial charge in [0, 0.05) is 27.6 Å². The largest absolute Gasteiger partial charge is 0.456 e. The first-order valence-corrected chi connectivity index (χ1v) is 14.0. The minimum atomic E-state index is 0.782. The highest BCUT2D eigenvalue weighted by Crippen LogP contribution is 2.40. The van der Waals surface area contributed by atoms with Crippen molar-refractivity contribution in [1.29, 1.82) is 0 Å². The molecule has 0 saturated heterocycles. The van der Waals surface area contributed by atoms with Gasteiger partial charge in [0.05, 0.1) is 5.70 Å². The first-order chi connectivity index (χ1) is 20.2. The fourth-order valence-electron chi connectivity index (χ4n) is 5.69. The van der Waals surface area contributed by atoms with Crippen molar-refractivity contribution < 1.29 is 4.42 Å². The average molecular weight is 531 g/mol. The highest BCUT2D eigenvalue weighted by Gasteiger charge is 2.20. The second-order valence-corrected chi connectivity index (χ2v) is 10.6. The lowest BCUT2D eigenvalue weighted by molar-refractivity contribution is 0.669. The molecule has 0 saturated carbocycles. The molecule has 0 atom stereocenters. The summed E-state index contributed by atoms with van der Waals surface area (Å²) in [6.07, 6.45) is 3.02. The Bertz CT molecular complexity index is 1990. The molecule has 0 bridgehead atoms. The monoisotopic (exact) mass is 530 g/mol. The third-order valence-electron chi connectivity index (χ3n) is 7.76. The smallest absolute Gasteiger partial charge is 0.138 e. The summed E-state index contributed by atoms with van der Waals surface area (Å²) >= 11 is 0. The Morgan fingerprint density at radius 3 is 2.10 bits per heavy atom. The normalized spacial score (nSPS) is 13.9. The molecular formula is C38H30N2O. The second kappa shape index (κ2) is 10.4. The molecule has 41 heavy (non-hydrogen) atoms. The molecule has 5 aromatic carbocycles. The van der Waals surface area contributed by atoms with Crippen LogP contribution in [-0.4, -0.2) is 5.84 Å². The maximum absolute atomic E-state index is 6.29. The Balaban J connectivity index is 1.43. The fraction of sp³-hybridized carbons (Fsp3) is 0.0789. The summed E-state index contributed by atoms with van der Waals surface area (Å²) in [7, 11) is 0. The zero-order valence-electron chi connectivity index (χ0n) is 23.2. The van der Waals surface area contributed by atoms with Gasteiger partial charge in [-0.05, 0) is 60.7 Å². The van der Waals surface area contributed by atoms with Crippen LogP contribution in [0.5, 0.6) is 0 Å². The van der Waals surface area contributed by atoms with Crippen molar-refractivity contribution in [3.8, 4) is 11.1 Å². The van der Waals surface area contributed by atoms with Crippen LogP contribution < -0.4 is 5.32 Å². The first-order valence-electron chi connectivity index (χ1n) is 14.0. The quantitative estimate of drug-likeness (QED) is 0.246. The molecule has 6 aromatic rings. The predicted molar refractivity (Wildman–Crippen MR) is 172 cm³/mol. The Morgan fingerprint density at radius 2 is 1.32 bits per heavy atom. The van der Waals surface area contributed by atoms with E-state index in [2.05, 4.69) is 134 Å². The minimum absolute atomic E-state index is 0.782. The summed E-state index contributed by atoms with van der Waals surface area (Å²) in [5.74, 6) is 0.826. The molecule has 3 nitrogen and oxygen atoms in total. The van der Waals surface area contributed by atoms with Crippen molar-refractivity contribution in [2.45, 2.75) is 20.3 Å². The lowest BCUT2D eigenvalue weighted by atomic mass is 9.91. The van der Waals surface area contributed by atoms with Gasteiger partial charge in [0.15, 0.2) is 0 Å². The number of amidine groups is 1. The van der Waals surface area contributed by atoms with E-state index in [4.69, 9.17) is 9.41 Å². The van der Waals surface area contributed by atoms with Crippen LogP contribution in [0.2, 0.25) is 0 Å². The third-order valence-corrected chi connectivity index (χ3v) is 7.76. The summed E-state index contributed by atoms with van der Waals surface area (Å²) in [4.78, 5) is 5.20. The van der Waals surface area contributed by atoms with Gasteiger partial charge in [-0.1, -0.05) is 115 Å². The molecule has 1 aromatic heterocycles. The van der Waals surface area contributed by atoms with Crippen LogP contribution in [0.1, 0.15) is 35.6 Å². The number of aliphatic imine (C=N–C) groups is 1. The molecule has 1 aliphatic rings. The van der Waals surface area contributed by atoms with E-state index in [1.807, 2.05) is 12.1 Å². The SMILES string of the molecule is CC1=C(c2ccccc2-c2cccc3oc4ccc(C)cc4c23)NC(c2ccccc2)=NC(c2ccccc2)=CC1. The minimum Gasteiger partial charge on any atom is -0.456 e. The van der Waals surface area contributed by atoms with Crippen LogP contribution >= 0.6 is 0 Å². The highest BCUT2D eigenvalue weighted by atomic mass is 16.3. The predicted octanol–water partition coefficient (Wildman–Crippen LogP) is 9.77. The standard InChI is InChI=1S/C38H30N2O/c1-25-20-23-34-32(24-25)36-30(18-11-19-35(36)41-34)29-16-9-10-17-31(29)37-26(2)21-22-33(27-12-5-3-6-13-27)39-38(40-37)28-14-7-4-8-15-28/h3-20,22-24H,21H2,1-2H3,(H,39,40). The molecular weight excluding hydrogens is 500 g/mol. The summed E-state index contributed by atoms with van der Waals surface area (Å²) in [5.41, 5.74) is 11.9. The average Bonchev–Trinajstić information content (AvgIpc) is 3.38. The van der Waals surface area contributed by atoms with Gasteiger partial charge in [0.1, 0.15) is 17.0 Å². The number of nitrogens with zero attached hydrogens (tertiary/aromatic N) is 1. The topological polar surface area (TPSA) is 37.5 Å². The molecule has 0 spiro atoms. The molecule has 7 rings (SSSR count). The van der Waals surface area contributed by atoms with Crippen LogP contribution in [-0.2, 0) is 0 Å². The zero-order chi connectivity index (χ0) is 27.8. The number of hydrogen-bond acceptors (Lipinski definition) is 3. The molecule has 1 N–H and O–H groups in total. The number of hydrogen-bond donors (Lipinski definition) is 1. The highest BCUT2D eigenvalue weighted by molar-refractivity contribution is 6.14. The lowest BCUT2D eigenvalue weighted by Gasteiger charge is -2.22. The summed E-state index contributed by atoms with van der Waals surface area (Å²) in [5, 5.41) is 6.09. The van der Waals surface area contributed by atoms with Crippen LogP contribution in [0.25, 0.3) is 44.5 Å². The second-order valence-electron chi connectivity index (χ2n) is 10.6. The van der Waals surface area contributed by atoms with Crippen LogP contribution in [0.3, 0.4) is 0 Å². The molecule has 3 heteroatoms. The number of allylic oxidation sites excluding steroid dienone is 2. The molecule has 0 unspecified atom stereocenters. The Kier molecular flexibility index (Phi) is 6.33. The van der Waals surface area contributed by atoms with Gasteiger partial charge in [-0.3, -0.25) is 0 Å². The number of benzene rings is 5. The Labute approximate surface area is 240 Å². The lowest BCUT2D eigenvalue weighted by Crippen LogP contribution is -2.25. The first kappa shape index (κ1) is 24.9. The maximum atomic E-state index is 6.29. The van der Waals surface area contributed by atoms with E-state index in [0.717, 1.165) is 73.4 Å². The van der Waals surface area contributed by atoms with Crippen molar-refractivity contribution in [2.24, 2.45) is 4.99 Å². The molecule has 0 aliphatic carbocycles. The van der Waals surface area contributed by atoms with Gasteiger partial charge in [-0.25, -0.2) is 4.99 Å². The van der Waals surface area contributed by atoms with E-state index in [-0.39, 0.29) is 0 Å². The van der Waals surface area contributed by atoms with Gasteiger partial charge < -0.3 is 9.73 Å². The molecule has 1 aliphatic heterocycles. The van der Waals surface area contributed by atoms with Crippen LogP contribution in [0.15, 0.2) is 142 Å². The van der Waals surface area contributed by atoms with Gasteiger partial charge in [-0.2, -0.15) is 0 Å². The maximum Gasteiger partial charge on any atom is 0.138 e. The van der Waals surface area contributed by atoms with Crippen LogP contribution in [0, 0.1) is 6.92 Å². The third kappa shape index (κ3) is 4.66. The van der Waals surface area contributed by atoms with E-state index >= 15 is 0 Å². The van der Waals surface area contributed by atoms with Crippen molar-refractivity contribution in [3.05, 3.63) is 155 Å². The molecule has 2 heterocycles. The van der Waals surface area contributed by atoms with E-state index in [0.29, 0.717) is 0 Å². The van der Waals surface area contributed by atoms with Gasteiger partial charge >= 0.3 is 0 Å². The van der Waals surface area contributed by atoms with E-state index in [9.17, 15) is 0 Å². The van der Waals surface area contributed by atoms with E-state index < -0.39 is 0 Å². The molecule has 0 amide bonds. The zero-order valence-corrected chi connectivity index (χ0v) is 23.2. The number of furan rings is 1. The summed E-state index contributed by atoms with van der Waals surface area (Å²) in [6, 6.07) is 42.2. The number of nitrogens with one attached hydrogen (secondary N) is 1. The van der Waals surface area contributed by atoms with Gasteiger partial charge in [0.2, 0.25) is 0 Å².